The summed E-state index contributed by atoms with van der Waals surface area (Å²) in [5.41, 5.74) is 1.73. The summed E-state index contributed by atoms with van der Waals surface area (Å²) < 4.78 is 43.4. The topological polar surface area (TPSA) is 100 Å². The first kappa shape index (κ1) is 36.4. The molecular weight excluding hydrogens is 676 g/mol. The number of allylic oxidation sites excluding steroid dienone is 1. The molecule has 7 rings (SSSR count). The number of nitrogens with zero attached hydrogens (tertiary/aromatic N) is 6. The van der Waals surface area contributed by atoms with Crippen molar-refractivity contribution in [1.29, 1.82) is 0 Å². The normalized spacial score (nSPS) is 24.1. The summed E-state index contributed by atoms with van der Waals surface area (Å²) in [6.07, 6.45) is 12.8. The number of benzene rings is 2. The molecule has 2 aromatic carbocycles. The van der Waals surface area contributed by atoms with Crippen molar-refractivity contribution in [3.05, 3.63) is 90.8 Å². The van der Waals surface area contributed by atoms with E-state index in [1.54, 1.807) is 31.2 Å². The van der Waals surface area contributed by atoms with Crippen LogP contribution in [0, 0.1) is 29.5 Å². The summed E-state index contributed by atoms with van der Waals surface area (Å²) in [5.74, 6) is 2.23. The highest BCUT2D eigenvalue weighted by molar-refractivity contribution is 8.08. The van der Waals surface area contributed by atoms with E-state index in [1.165, 1.54) is 12.3 Å². The Kier molecular flexibility index (Phi) is 10.6. The van der Waals surface area contributed by atoms with E-state index in [2.05, 4.69) is 55.1 Å². The summed E-state index contributed by atoms with van der Waals surface area (Å²) in [4.78, 5) is 30.8. The molecule has 11 heteroatoms. The number of rotatable bonds is 13. The number of anilines is 1. The van der Waals surface area contributed by atoms with Crippen molar-refractivity contribution in [2.24, 2.45) is 33.7 Å². The summed E-state index contributed by atoms with van der Waals surface area (Å²) in [7, 11) is -3.67. The minimum Gasteiger partial charge on any atom is -0.371 e. The maximum absolute atomic E-state index is 15.2. The molecule has 3 aliphatic heterocycles. The van der Waals surface area contributed by atoms with Gasteiger partial charge in [-0.1, -0.05) is 32.1 Å². The average molecular weight is 727 g/mol. The van der Waals surface area contributed by atoms with Crippen LogP contribution in [0.4, 0.5) is 10.1 Å². The van der Waals surface area contributed by atoms with E-state index in [0.717, 1.165) is 94.9 Å². The number of piperidine rings is 1. The van der Waals surface area contributed by atoms with Gasteiger partial charge < -0.3 is 14.4 Å². The number of aromatic nitrogens is 2. The highest BCUT2D eigenvalue weighted by Gasteiger charge is 2.52. The number of aliphatic imine (C=N–C) groups is 2. The lowest BCUT2D eigenvalue weighted by molar-refractivity contribution is -0.116. The quantitative estimate of drug-likeness (QED) is 0.186. The van der Waals surface area contributed by atoms with Crippen molar-refractivity contribution >= 4 is 32.6 Å². The Bertz CT molecular complexity index is 1930. The van der Waals surface area contributed by atoms with E-state index in [9.17, 15) is 13.2 Å². The van der Waals surface area contributed by atoms with Crippen LogP contribution in [-0.4, -0.2) is 78.8 Å². The van der Waals surface area contributed by atoms with Gasteiger partial charge in [-0.15, -0.1) is 0 Å². The van der Waals surface area contributed by atoms with Crippen molar-refractivity contribution in [2.45, 2.75) is 81.8 Å². The van der Waals surface area contributed by atoms with Gasteiger partial charge in [-0.2, -0.15) is 0 Å². The fourth-order valence-corrected chi connectivity index (χ4v) is 10.9. The number of imidazole rings is 1. The second kappa shape index (κ2) is 15.2. The van der Waals surface area contributed by atoms with Crippen LogP contribution in [0.5, 0.6) is 0 Å². The van der Waals surface area contributed by atoms with Gasteiger partial charge in [-0.25, -0.2) is 22.8 Å². The maximum atomic E-state index is 15.2. The minimum absolute atomic E-state index is 0.0204. The standard InChI is InChI=1S/C41H51FN6O3S/c1-4-36(49)22-31-8-6-11-38(31)41(33-9-7-10-34(42)23-33,28-47-21-18-43-39(47)5-2)32-16-19-46(20-17-32)25-30-26-48(27-30)35-12-14-37(15-13-35)52(50,51)40-24-44-29(3)45-40/h4,7,9-10,12-15,18,21,23-24,29-32,38H,1,5-6,8,11,16-17,19-20,22,25-28H2,2-3H3/t29?,31-,38+,41+/m1/s1. The number of halogens is 1. The van der Waals surface area contributed by atoms with Gasteiger partial charge in [0.2, 0.25) is 9.84 Å². The molecule has 1 aromatic heterocycles. The van der Waals surface area contributed by atoms with Gasteiger partial charge in [0.15, 0.2) is 10.8 Å². The van der Waals surface area contributed by atoms with Gasteiger partial charge in [0.25, 0.3) is 0 Å². The lowest BCUT2D eigenvalue weighted by Crippen LogP contribution is -2.55. The van der Waals surface area contributed by atoms with E-state index in [0.29, 0.717) is 18.3 Å². The number of hydrogen-bond acceptors (Lipinski definition) is 8. The fourth-order valence-electron chi connectivity index (χ4n) is 9.66. The third-order valence-electron chi connectivity index (χ3n) is 12.2. The number of aryl methyl sites for hydroxylation is 1. The molecule has 52 heavy (non-hydrogen) atoms. The molecule has 4 heterocycles. The van der Waals surface area contributed by atoms with Crippen LogP contribution in [0.3, 0.4) is 0 Å². The molecule has 3 aromatic rings. The fraction of sp³-hybridized carbons (Fsp3) is 0.512. The van der Waals surface area contributed by atoms with Gasteiger partial charge in [0.05, 0.1) is 11.1 Å². The van der Waals surface area contributed by atoms with Crippen LogP contribution in [0.2, 0.25) is 0 Å². The molecule has 9 nitrogen and oxygen atoms in total. The average Bonchev–Trinajstić information content (AvgIpc) is 3.90. The Balaban J connectivity index is 1.05. The van der Waals surface area contributed by atoms with Crippen LogP contribution in [-0.2, 0) is 33.0 Å². The van der Waals surface area contributed by atoms with Crippen molar-refractivity contribution in [3.8, 4) is 0 Å². The van der Waals surface area contributed by atoms with Crippen molar-refractivity contribution < 1.29 is 17.6 Å². The first-order valence-electron chi connectivity index (χ1n) is 19.0. The van der Waals surface area contributed by atoms with Gasteiger partial charge >= 0.3 is 0 Å². The monoisotopic (exact) mass is 726 g/mol. The molecule has 0 amide bonds. The van der Waals surface area contributed by atoms with Gasteiger partial charge in [0, 0.05) is 68.4 Å². The van der Waals surface area contributed by atoms with Crippen LogP contribution < -0.4 is 4.90 Å². The SMILES string of the molecule is C=CC(=O)C[C@H]1CCC[C@@H]1[C@](Cn1ccnc1CC)(c1cccc(F)c1)C1CCN(CC2CN(c3ccc(S(=O)(=O)C4=NC(C)N=C4)cc3)C2)CC1. The number of carbonyl (C=O) groups is 1. The molecular formula is C41H51FN6O3S. The van der Waals surface area contributed by atoms with Crippen molar-refractivity contribution in [2.75, 3.05) is 37.6 Å². The van der Waals surface area contributed by atoms with Crippen molar-refractivity contribution in [3.63, 3.8) is 0 Å². The molecule has 0 spiro atoms. The Morgan fingerprint density at radius 3 is 2.52 bits per heavy atom. The van der Waals surface area contributed by atoms with E-state index >= 15 is 4.39 Å². The summed E-state index contributed by atoms with van der Waals surface area (Å²) in [6.45, 7) is 13.2. The molecule has 1 aliphatic carbocycles. The van der Waals surface area contributed by atoms with Gasteiger partial charge in [0.1, 0.15) is 17.8 Å². The second-order valence-electron chi connectivity index (χ2n) is 15.3. The number of ketones is 1. The van der Waals surface area contributed by atoms with Crippen molar-refractivity contribution in [1.82, 2.24) is 14.5 Å². The third kappa shape index (κ3) is 7.18. The van der Waals surface area contributed by atoms with E-state index in [1.807, 2.05) is 24.4 Å². The van der Waals surface area contributed by atoms with Crippen LogP contribution in [0.25, 0.3) is 0 Å². The highest BCUT2D eigenvalue weighted by Crippen LogP contribution is 2.54. The predicted octanol–water partition coefficient (Wildman–Crippen LogP) is 6.54. The molecule has 4 atom stereocenters. The van der Waals surface area contributed by atoms with E-state index < -0.39 is 9.84 Å². The molecule has 0 bridgehead atoms. The molecule has 2 saturated heterocycles. The largest absolute Gasteiger partial charge is 0.371 e. The Morgan fingerprint density at radius 1 is 1.08 bits per heavy atom. The maximum Gasteiger partial charge on any atom is 0.225 e. The number of hydrogen-bond donors (Lipinski definition) is 0. The van der Waals surface area contributed by atoms with E-state index in [-0.39, 0.29) is 45.0 Å². The summed E-state index contributed by atoms with van der Waals surface area (Å²) in [5, 5.41) is 0.0204. The Morgan fingerprint density at radius 2 is 1.85 bits per heavy atom. The van der Waals surface area contributed by atoms with Crippen LogP contribution in [0.15, 0.2) is 88.5 Å². The molecule has 0 radical (unpaired) electrons. The molecule has 4 aliphatic rings. The zero-order valence-electron chi connectivity index (χ0n) is 30.4. The van der Waals surface area contributed by atoms with E-state index in [4.69, 9.17) is 0 Å². The lowest BCUT2D eigenvalue weighted by Gasteiger charge is -2.52. The molecule has 276 valence electrons. The Labute approximate surface area is 307 Å². The molecule has 1 saturated carbocycles. The minimum atomic E-state index is -3.67. The molecule has 1 unspecified atom stereocenters. The highest BCUT2D eigenvalue weighted by atomic mass is 32.2. The second-order valence-corrected chi connectivity index (χ2v) is 17.2. The predicted molar refractivity (Wildman–Crippen MR) is 204 cm³/mol. The first-order chi connectivity index (χ1) is 25.1. The third-order valence-corrected chi connectivity index (χ3v) is 13.9. The number of carbonyl (C=O) groups excluding carboxylic acids is 1. The zero-order valence-corrected chi connectivity index (χ0v) is 31.2. The number of likely N-dealkylation sites (tertiary alicyclic amines) is 1. The zero-order chi connectivity index (χ0) is 36.5. The van der Waals surface area contributed by atoms with Crippen LogP contribution in [0.1, 0.15) is 63.8 Å². The molecule has 3 fully saturated rings. The van der Waals surface area contributed by atoms with Crippen LogP contribution >= 0.6 is 0 Å². The Hall–Kier alpha value is -3.96. The smallest absolute Gasteiger partial charge is 0.225 e. The van der Waals surface area contributed by atoms with Gasteiger partial charge in [-0.05, 0) is 111 Å². The molecule has 0 N–H and O–H groups in total. The van der Waals surface area contributed by atoms with Gasteiger partial charge in [-0.3, -0.25) is 9.79 Å². The summed E-state index contributed by atoms with van der Waals surface area (Å²) in [6, 6.07) is 14.4. The summed E-state index contributed by atoms with van der Waals surface area (Å²) >= 11 is 0. The lowest BCUT2D eigenvalue weighted by atomic mass is 9.56. The number of sulfone groups is 1. The first-order valence-corrected chi connectivity index (χ1v) is 20.4.